The molecule has 7 heteroatoms. The molecular formula is C16H13F2N5. The van der Waals surface area contributed by atoms with Crippen molar-refractivity contribution in [2.75, 3.05) is 10.6 Å². The Balaban J connectivity index is 1.81. The molecule has 5 nitrogen and oxygen atoms in total. The minimum atomic E-state index is -0.731. The van der Waals surface area contributed by atoms with Gasteiger partial charge in [0.2, 0.25) is 5.95 Å². The van der Waals surface area contributed by atoms with Crippen molar-refractivity contribution in [3.05, 3.63) is 65.9 Å². The van der Waals surface area contributed by atoms with Crippen LogP contribution in [0.3, 0.4) is 0 Å². The van der Waals surface area contributed by atoms with Gasteiger partial charge in [0.25, 0.3) is 0 Å². The number of aryl methyl sites for hydroxylation is 1. The van der Waals surface area contributed by atoms with Gasteiger partial charge < -0.3 is 10.6 Å². The summed E-state index contributed by atoms with van der Waals surface area (Å²) >= 11 is 0. The Labute approximate surface area is 131 Å². The summed E-state index contributed by atoms with van der Waals surface area (Å²) in [5.74, 6) is -1.06. The second-order valence-corrected chi connectivity index (χ2v) is 4.88. The van der Waals surface area contributed by atoms with E-state index in [0.29, 0.717) is 5.82 Å². The Kier molecular flexibility index (Phi) is 4.09. The lowest BCUT2D eigenvalue weighted by atomic mass is 10.2. The summed E-state index contributed by atoms with van der Waals surface area (Å²) in [5.41, 5.74) is 1.63. The van der Waals surface area contributed by atoms with Crippen molar-refractivity contribution in [3.63, 3.8) is 0 Å². The predicted octanol–water partition coefficient (Wildman–Crippen LogP) is 3.95. The molecule has 0 atom stereocenters. The topological polar surface area (TPSA) is 62.7 Å². The van der Waals surface area contributed by atoms with Crippen molar-refractivity contribution < 1.29 is 8.78 Å². The second kappa shape index (κ2) is 6.35. The van der Waals surface area contributed by atoms with Gasteiger partial charge in [0.15, 0.2) is 5.82 Å². The van der Waals surface area contributed by atoms with E-state index in [1.165, 1.54) is 12.3 Å². The number of anilines is 4. The van der Waals surface area contributed by atoms with Crippen LogP contribution in [-0.2, 0) is 0 Å². The summed E-state index contributed by atoms with van der Waals surface area (Å²) in [6.07, 6.45) is 1.42. The highest BCUT2D eigenvalue weighted by Gasteiger charge is 2.10. The molecule has 0 spiro atoms. The number of hydrogen-bond donors (Lipinski definition) is 2. The first-order valence-electron chi connectivity index (χ1n) is 6.86. The molecule has 0 unspecified atom stereocenters. The first-order valence-corrected chi connectivity index (χ1v) is 6.86. The molecule has 0 radical (unpaired) electrons. The maximum atomic E-state index is 13.6. The maximum Gasteiger partial charge on any atom is 0.249 e. The van der Waals surface area contributed by atoms with Crippen molar-refractivity contribution in [2.45, 2.75) is 6.92 Å². The number of nitrogens with one attached hydrogen (secondary N) is 2. The summed E-state index contributed by atoms with van der Waals surface area (Å²) in [6.45, 7) is 1.99. The maximum absolute atomic E-state index is 13.6. The normalized spacial score (nSPS) is 10.4. The Morgan fingerprint density at radius 2 is 1.61 bits per heavy atom. The van der Waals surface area contributed by atoms with Crippen LogP contribution in [0.4, 0.5) is 31.9 Å². The number of hydrogen-bond acceptors (Lipinski definition) is 5. The molecule has 1 aromatic heterocycles. The fraction of sp³-hybridized carbons (Fsp3) is 0.0625. The minimum absolute atomic E-state index is 0.00823. The van der Waals surface area contributed by atoms with E-state index < -0.39 is 11.6 Å². The summed E-state index contributed by atoms with van der Waals surface area (Å²) < 4.78 is 27.3. The number of rotatable bonds is 4. The first-order chi connectivity index (χ1) is 11.1. The molecule has 23 heavy (non-hydrogen) atoms. The molecular weight excluding hydrogens is 300 g/mol. The zero-order chi connectivity index (χ0) is 16.2. The van der Waals surface area contributed by atoms with Crippen LogP contribution in [0, 0.1) is 18.6 Å². The fourth-order valence-corrected chi connectivity index (χ4v) is 1.93. The highest BCUT2D eigenvalue weighted by atomic mass is 19.1. The quantitative estimate of drug-likeness (QED) is 0.764. The van der Waals surface area contributed by atoms with Crippen molar-refractivity contribution in [3.8, 4) is 0 Å². The number of aromatic nitrogens is 3. The molecule has 116 valence electrons. The van der Waals surface area contributed by atoms with E-state index in [0.717, 1.165) is 23.4 Å². The molecule has 2 N–H and O–H groups in total. The summed E-state index contributed by atoms with van der Waals surface area (Å²) in [7, 11) is 0. The highest BCUT2D eigenvalue weighted by molar-refractivity contribution is 5.59. The number of para-hydroxylation sites is 1. The van der Waals surface area contributed by atoms with Gasteiger partial charge in [-0.05, 0) is 31.2 Å². The molecule has 0 aliphatic rings. The van der Waals surface area contributed by atoms with Crippen LogP contribution in [0.5, 0.6) is 0 Å². The van der Waals surface area contributed by atoms with Gasteiger partial charge >= 0.3 is 0 Å². The number of nitrogens with zero attached hydrogens (tertiary/aromatic N) is 3. The third-order valence-electron chi connectivity index (χ3n) is 3.08. The van der Waals surface area contributed by atoms with Gasteiger partial charge in [0.1, 0.15) is 17.3 Å². The minimum Gasteiger partial charge on any atom is -0.339 e. The molecule has 3 aromatic rings. The molecule has 0 aliphatic heterocycles. The Bertz CT molecular complexity index is 801. The molecule has 0 bridgehead atoms. The molecule has 2 aromatic carbocycles. The van der Waals surface area contributed by atoms with Gasteiger partial charge in [0, 0.05) is 5.69 Å². The zero-order valence-electron chi connectivity index (χ0n) is 12.2. The van der Waals surface area contributed by atoms with Gasteiger partial charge in [0.05, 0.1) is 6.20 Å². The van der Waals surface area contributed by atoms with Gasteiger partial charge in [-0.25, -0.2) is 8.78 Å². The average molecular weight is 313 g/mol. The number of benzene rings is 2. The van der Waals surface area contributed by atoms with E-state index in [-0.39, 0.29) is 11.6 Å². The Hall–Kier alpha value is -3.09. The monoisotopic (exact) mass is 313 g/mol. The van der Waals surface area contributed by atoms with E-state index >= 15 is 0 Å². The van der Waals surface area contributed by atoms with Crippen LogP contribution in [-0.4, -0.2) is 15.2 Å². The van der Waals surface area contributed by atoms with E-state index in [1.54, 1.807) is 0 Å². The van der Waals surface area contributed by atoms with Crippen LogP contribution in [0.2, 0.25) is 0 Å². The van der Waals surface area contributed by atoms with Crippen molar-refractivity contribution >= 4 is 23.1 Å². The van der Waals surface area contributed by atoms with Gasteiger partial charge in [-0.1, -0.05) is 23.8 Å². The van der Waals surface area contributed by atoms with Crippen molar-refractivity contribution in [1.29, 1.82) is 0 Å². The fourth-order valence-electron chi connectivity index (χ4n) is 1.93. The molecule has 0 fully saturated rings. The zero-order valence-corrected chi connectivity index (χ0v) is 12.2. The molecule has 3 rings (SSSR count). The standard InChI is InChI=1S/C16H13F2N5/c1-10-5-7-11(8-6-10)20-14-9-19-23-16(21-14)22-15-12(17)3-2-4-13(15)18/h2-9H,1H3,(H2,20,21,22,23). The summed E-state index contributed by atoms with van der Waals surface area (Å²) in [6, 6.07) is 11.3. The number of halogens is 2. The Morgan fingerprint density at radius 1 is 0.913 bits per heavy atom. The predicted molar refractivity (Wildman–Crippen MR) is 83.9 cm³/mol. The third-order valence-corrected chi connectivity index (χ3v) is 3.08. The van der Waals surface area contributed by atoms with E-state index in [4.69, 9.17) is 0 Å². The molecule has 1 heterocycles. The summed E-state index contributed by atoms with van der Waals surface area (Å²) in [5, 5.41) is 13.0. The van der Waals surface area contributed by atoms with Crippen molar-refractivity contribution in [2.24, 2.45) is 0 Å². The average Bonchev–Trinajstić information content (AvgIpc) is 2.54. The van der Waals surface area contributed by atoms with Crippen LogP contribution in [0.25, 0.3) is 0 Å². The van der Waals surface area contributed by atoms with Crippen LogP contribution < -0.4 is 10.6 Å². The van der Waals surface area contributed by atoms with Crippen LogP contribution in [0.15, 0.2) is 48.7 Å². The smallest absolute Gasteiger partial charge is 0.249 e. The van der Waals surface area contributed by atoms with Crippen LogP contribution in [0.1, 0.15) is 5.56 Å². The van der Waals surface area contributed by atoms with E-state index in [9.17, 15) is 8.78 Å². The second-order valence-electron chi connectivity index (χ2n) is 4.88. The van der Waals surface area contributed by atoms with Crippen LogP contribution >= 0.6 is 0 Å². The lowest BCUT2D eigenvalue weighted by Gasteiger charge is -2.09. The molecule has 0 saturated heterocycles. The SMILES string of the molecule is Cc1ccc(Nc2cnnc(Nc3c(F)cccc3F)n2)cc1. The van der Waals surface area contributed by atoms with E-state index in [1.807, 2.05) is 31.2 Å². The molecule has 0 saturated carbocycles. The third kappa shape index (κ3) is 3.57. The molecule has 0 amide bonds. The highest BCUT2D eigenvalue weighted by Crippen LogP contribution is 2.22. The van der Waals surface area contributed by atoms with Gasteiger partial charge in [-0.2, -0.15) is 10.1 Å². The van der Waals surface area contributed by atoms with Gasteiger partial charge in [-0.15, -0.1) is 5.10 Å². The lowest BCUT2D eigenvalue weighted by Crippen LogP contribution is -2.04. The summed E-state index contributed by atoms with van der Waals surface area (Å²) in [4.78, 5) is 4.14. The van der Waals surface area contributed by atoms with Crippen molar-refractivity contribution in [1.82, 2.24) is 15.2 Å². The Morgan fingerprint density at radius 3 is 2.30 bits per heavy atom. The molecule has 0 aliphatic carbocycles. The van der Waals surface area contributed by atoms with E-state index in [2.05, 4.69) is 25.8 Å². The first kappa shape index (κ1) is 14.8. The van der Waals surface area contributed by atoms with Gasteiger partial charge in [-0.3, -0.25) is 0 Å². The largest absolute Gasteiger partial charge is 0.339 e. The lowest BCUT2D eigenvalue weighted by molar-refractivity contribution is 0.590.